The summed E-state index contributed by atoms with van der Waals surface area (Å²) >= 11 is 0. The molecule has 0 radical (unpaired) electrons. The number of unbranched alkanes of at least 4 members (excludes halogenated alkanes) is 2. The highest BCUT2D eigenvalue weighted by Crippen LogP contribution is 2.62. The van der Waals surface area contributed by atoms with E-state index in [4.69, 9.17) is 19.0 Å². The molecule has 3 aliphatic rings. The van der Waals surface area contributed by atoms with Crippen LogP contribution in [0.15, 0.2) is 113 Å². The number of fused-ring (bicyclic) bond motifs is 3. The molecule has 14 nitrogen and oxygen atoms in total. The minimum atomic E-state index is -4.28. The molecule has 1 fully saturated rings. The van der Waals surface area contributed by atoms with Gasteiger partial charge < -0.3 is 29.3 Å². The maximum absolute atomic E-state index is 15.0. The Balaban J connectivity index is 1.44. The second-order valence-electron chi connectivity index (χ2n) is 15.2. The van der Waals surface area contributed by atoms with E-state index < -0.39 is 32.7 Å². The SMILES string of the molecule is C=CCO[C@@]12Oc3ccc(Oc4cccc([N+](=O)[O-])c4)cc3[C@H]3[C@H](CCCCO)[C@@H](CCCCO)C=C(C(=NOC)C[C@@H]1N(C)S(=O)(=O)c1cccc4cccnc14)[C@H]32. The average Bonchev–Trinajstić information content (AvgIpc) is 3.24. The van der Waals surface area contributed by atoms with Crippen LogP contribution in [0.5, 0.6) is 17.2 Å². The number of nitrogens with zero attached hydrogens (tertiary/aromatic N) is 4. The number of non-ortho nitro benzene ring substituents is 1. The smallest absolute Gasteiger partial charge is 0.273 e. The fourth-order valence-electron chi connectivity index (χ4n) is 9.28. The zero-order valence-corrected chi connectivity index (χ0v) is 34.0. The summed E-state index contributed by atoms with van der Waals surface area (Å²) in [5.41, 5.74) is 2.39. The predicted octanol–water partition coefficient (Wildman–Crippen LogP) is 7.52. The van der Waals surface area contributed by atoms with Crippen molar-refractivity contribution in [1.82, 2.24) is 9.29 Å². The number of nitro benzene ring substituents is 1. The highest BCUT2D eigenvalue weighted by Gasteiger charge is 2.65. The number of hydrogen-bond acceptors (Lipinski definition) is 12. The number of ether oxygens (including phenoxy) is 3. The number of para-hydroxylation sites is 1. The first-order valence-electron chi connectivity index (χ1n) is 19.9. The molecular weight excluding hydrogens is 777 g/mol. The molecule has 6 atom stereocenters. The lowest BCUT2D eigenvalue weighted by molar-refractivity contribution is -0.384. The number of aromatic nitrogens is 1. The maximum atomic E-state index is 15.0. The quantitative estimate of drug-likeness (QED) is 0.0438. The van der Waals surface area contributed by atoms with Gasteiger partial charge >= 0.3 is 0 Å². The Bertz CT molecular complexity index is 2350. The summed E-state index contributed by atoms with van der Waals surface area (Å²) in [6.45, 7) is 4.07. The van der Waals surface area contributed by atoms with Crippen LogP contribution in [0, 0.1) is 27.9 Å². The van der Waals surface area contributed by atoms with Crippen molar-refractivity contribution in [1.29, 1.82) is 0 Å². The molecule has 15 heteroatoms. The summed E-state index contributed by atoms with van der Waals surface area (Å²) in [6.07, 6.45) is 9.62. The largest absolute Gasteiger partial charge is 0.460 e. The molecule has 312 valence electrons. The van der Waals surface area contributed by atoms with E-state index in [1.54, 1.807) is 54.7 Å². The zero-order valence-electron chi connectivity index (χ0n) is 33.2. The van der Waals surface area contributed by atoms with Gasteiger partial charge in [-0.1, -0.05) is 54.4 Å². The summed E-state index contributed by atoms with van der Waals surface area (Å²) in [5, 5.41) is 36.5. The van der Waals surface area contributed by atoms with Gasteiger partial charge in [0.05, 0.1) is 40.8 Å². The van der Waals surface area contributed by atoms with Crippen LogP contribution in [0.1, 0.15) is 56.4 Å². The number of rotatable bonds is 18. The van der Waals surface area contributed by atoms with E-state index in [2.05, 4.69) is 22.8 Å². The van der Waals surface area contributed by atoms with E-state index in [0.717, 1.165) is 30.4 Å². The van der Waals surface area contributed by atoms with Crippen molar-refractivity contribution in [2.45, 2.75) is 67.6 Å². The van der Waals surface area contributed by atoms with Crippen LogP contribution in [0.4, 0.5) is 5.69 Å². The molecule has 2 heterocycles. The van der Waals surface area contributed by atoms with Crippen LogP contribution in [0.3, 0.4) is 0 Å². The Hall–Kier alpha value is -5.19. The molecule has 0 spiro atoms. The molecule has 0 bridgehead atoms. The fraction of sp³-hybridized carbons (Fsp3) is 0.409. The van der Waals surface area contributed by atoms with Gasteiger partial charge in [-0.3, -0.25) is 15.1 Å². The number of hydrogen-bond donors (Lipinski definition) is 2. The first kappa shape index (κ1) is 42.0. The number of benzene rings is 3. The molecule has 59 heavy (non-hydrogen) atoms. The summed E-state index contributed by atoms with van der Waals surface area (Å²) < 4.78 is 51.6. The number of aliphatic hydroxyl groups is 2. The molecule has 1 aromatic heterocycles. The van der Waals surface area contributed by atoms with Crippen LogP contribution < -0.4 is 9.47 Å². The van der Waals surface area contributed by atoms with Gasteiger partial charge in [0, 0.05) is 55.8 Å². The van der Waals surface area contributed by atoms with E-state index in [0.29, 0.717) is 47.4 Å². The van der Waals surface area contributed by atoms with Crippen molar-refractivity contribution in [3.05, 3.63) is 119 Å². The third-order valence-electron chi connectivity index (χ3n) is 11.8. The lowest BCUT2D eigenvalue weighted by Gasteiger charge is -2.59. The number of allylic oxidation sites excluding steroid dienone is 1. The van der Waals surface area contributed by atoms with E-state index in [1.165, 1.54) is 30.6 Å². The number of aliphatic hydroxyl groups excluding tert-OH is 2. The molecule has 1 aliphatic heterocycles. The number of sulfonamides is 1. The van der Waals surface area contributed by atoms with Gasteiger partial charge in [-0.15, -0.1) is 6.58 Å². The van der Waals surface area contributed by atoms with Crippen LogP contribution in [-0.2, 0) is 19.6 Å². The number of likely N-dealkylation sites (N-methyl/N-ethyl adjacent to an activating group) is 1. The molecule has 0 saturated heterocycles. The van der Waals surface area contributed by atoms with E-state index >= 15 is 0 Å². The first-order chi connectivity index (χ1) is 28.6. The molecule has 3 aromatic carbocycles. The summed E-state index contributed by atoms with van der Waals surface area (Å²) in [7, 11) is -1.28. The van der Waals surface area contributed by atoms with Crippen LogP contribution in [0.2, 0.25) is 0 Å². The second kappa shape index (κ2) is 18.0. The Morgan fingerprint density at radius 2 is 1.78 bits per heavy atom. The monoisotopic (exact) mass is 826 g/mol. The third kappa shape index (κ3) is 8.09. The van der Waals surface area contributed by atoms with Crippen molar-refractivity contribution in [3.8, 4) is 17.2 Å². The topological polar surface area (TPSA) is 183 Å². The van der Waals surface area contributed by atoms with Gasteiger partial charge in [0.15, 0.2) is 0 Å². The van der Waals surface area contributed by atoms with Gasteiger partial charge in [0.25, 0.3) is 5.69 Å². The molecular formula is C44H50N4O10S. The molecule has 0 unspecified atom stereocenters. The highest BCUT2D eigenvalue weighted by molar-refractivity contribution is 7.89. The van der Waals surface area contributed by atoms with Gasteiger partial charge in [0.2, 0.25) is 15.8 Å². The molecule has 4 aromatic rings. The summed E-state index contributed by atoms with van der Waals surface area (Å²) in [4.78, 5) is 21.1. The third-order valence-corrected chi connectivity index (χ3v) is 13.7. The van der Waals surface area contributed by atoms with Crippen molar-refractivity contribution >= 4 is 32.3 Å². The van der Waals surface area contributed by atoms with Crippen LogP contribution in [0.25, 0.3) is 10.9 Å². The van der Waals surface area contributed by atoms with Gasteiger partial charge in [0.1, 0.15) is 29.3 Å². The molecule has 0 amide bonds. The van der Waals surface area contributed by atoms with Crippen molar-refractivity contribution in [2.24, 2.45) is 22.9 Å². The minimum Gasteiger partial charge on any atom is -0.460 e. The Labute approximate surface area is 344 Å². The molecule has 7 rings (SSSR count). The lowest BCUT2D eigenvalue weighted by Crippen LogP contribution is -2.69. The van der Waals surface area contributed by atoms with Crippen LogP contribution >= 0.6 is 0 Å². The Morgan fingerprint density at radius 3 is 2.53 bits per heavy atom. The standard InChI is InChI=1S/C44H50N4O10S/c1-4-24-56-44-40(47(2)59(53,54)39-18-9-13-29-14-11-21-45-43(29)39)28-37(46-55-3)35-25-30(12-5-7-22-49)34(17-6-8-23-50)41(42(35)44)36-27-33(19-20-38(36)58-44)57-32-16-10-15-31(26-32)48(51)52/h4,9-11,13-16,18-21,25-27,30,34,40-42,49-50H,1,5-8,12,17,22-24,28H2,2-3H3/t30-,34+,40-,41+,42+,44+/m0/s1. The maximum Gasteiger partial charge on any atom is 0.273 e. The van der Waals surface area contributed by atoms with E-state index in [9.17, 15) is 28.7 Å². The van der Waals surface area contributed by atoms with E-state index in [-0.39, 0.29) is 60.3 Å². The predicted molar refractivity (Wildman–Crippen MR) is 222 cm³/mol. The fourth-order valence-corrected chi connectivity index (χ4v) is 10.8. The number of nitro groups is 1. The molecule has 2 aliphatic carbocycles. The summed E-state index contributed by atoms with van der Waals surface area (Å²) in [5.74, 6) is -1.51. The van der Waals surface area contributed by atoms with Crippen molar-refractivity contribution in [3.63, 3.8) is 0 Å². The van der Waals surface area contributed by atoms with Crippen LogP contribution in [-0.4, -0.2) is 84.4 Å². The van der Waals surface area contributed by atoms with Crippen molar-refractivity contribution in [2.75, 3.05) is 34.0 Å². The zero-order chi connectivity index (χ0) is 41.7. The molecule has 2 N–H and O–H groups in total. The lowest BCUT2D eigenvalue weighted by atomic mass is 9.55. The minimum absolute atomic E-state index is 0.0114. The van der Waals surface area contributed by atoms with Gasteiger partial charge in [-0.25, -0.2) is 8.42 Å². The van der Waals surface area contributed by atoms with E-state index in [1.807, 2.05) is 18.2 Å². The second-order valence-corrected chi connectivity index (χ2v) is 17.1. The Kier molecular flexibility index (Phi) is 12.8. The molecule has 1 saturated carbocycles. The number of pyridine rings is 1. The van der Waals surface area contributed by atoms with Gasteiger partial charge in [-0.2, -0.15) is 4.31 Å². The Morgan fingerprint density at radius 1 is 1.03 bits per heavy atom. The first-order valence-corrected chi connectivity index (χ1v) is 21.4. The average molecular weight is 827 g/mol. The van der Waals surface area contributed by atoms with Gasteiger partial charge in [-0.05, 0) is 79.5 Å². The van der Waals surface area contributed by atoms with Crippen molar-refractivity contribution < 1.29 is 42.6 Å². The highest BCUT2D eigenvalue weighted by atomic mass is 32.2. The number of oxime groups is 1. The normalized spacial score (nSPS) is 24.2. The summed E-state index contributed by atoms with van der Waals surface area (Å²) in [6, 6.07) is 19.0.